The lowest BCUT2D eigenvalue weighted by Gasteiger charge is -1.88. The van der Waals surface area contributed by atoms with Crippen LogP contribution in [0.15, 0.2) is 15.9 Å². The van der Waals surface area contributed by atoms with Crippen LogP contribution >= 0.6 is 11.8 Å². The normalized spacial score (nSPS) is 9.91. The van der Waals surface area contributed by atoms with Crippen LogP contribution in [0, 0.1) is 6.92 Å². The molecule has 60 valence electrons. The van der Waals surface area contributed by atoms with Gasteiger partial charge in [0.05, 0.1) is 5.69 Å². The molecule has 0 atom stereocenters. The number of thioether (sulfide) groups is 1. The summed E-state index contributed by atoms with van der Waals surface area (Å²) in [4.78, 5) is 14.0. The number of carbonyl (C=O) groups is 1. The minimum atomic E-state index is 0.548. The molecule has 0 N–H and O–H groups in total. The smallest absolute Gasteiger partial charge is 0.255 e. The highest BCUT2D eigenvalue weighted by Crippen LogP contribution is 2.16. The molecule has 0 bridgehead atoms. The van der Waals surface area contributed by atoms with Crippen molar-refractivity contribution < 1.29 is 9.21 Å². The van der Waals surface area contributed by atoms with Gasteiger partial charge in [-0.05, 0) is 6.92 Å². The van der Waals surface area contributed by atoms with Crippen LogP contribution in [-0.4, -0.2) is 17.0 Å². The molecule has 3 nitrogen and oxygen atoms in total. The average molecular weight is 171 g/mol. The van der Waals surface area contributed by atoms with Crippen LogP contribution in [0.1, 0.15) is 12.1 Å². The minimum absolute atomic E-state index is 0.548. The van der Waals surface area contributed by atoms with Crippen molar-refractivity contribution in [3.63, 3.8) is 0 Å². The molecule has 0 radical (unpaired) electrons. The number of hydrogen-bond donors (Lipinski definition) is 0. The zero-order valence-corrected chi connectivity index (χ0v) is 7.06. The molecule has 1 aromatic rings. The van der Waals surface area contributed by atoms with Crippen LogP contribution in [0.4, 0.5) is 0 Å². The highest BCUT2D eigenvalue weighted by atomic mass is 32.2. The monoisotopic (exact) mass is 171 g/mol. The van der Waals surface area contributed by atoms with Gasteiger partial charge in [-0.2, -0.15) is 0 Å². The Balaban J connectivity index is 2.32. The number of aryl methyl sites for hydroxylation is 1. The zero-order valence-electron chi connectivity index (χ0n) is 6.24. The second kappa shape index (κ2) is 4.18. The minimum Gasteiger partial charge on any atom is -0.440 e. The molecule has 0 saturated heterocycles. The van der Waals surface area contributed by atoms with E-state index in [2.05, 4.69) is 4.98 Å². The van der Waals surface area contributed by atoms with Gasteiger partial charge >= 0.3 is 0 Å². The standard InChI is InChI=1S/C7H9NO2S/c1-6-5-10-7(8-6)11-4-2-3-9/h3,5H,2,4H2,1H3. The summed E-state index contributed by atoms with van der Waals surface area (Å²) in [7, 11) is 0. The Morgan fingerprint density at radius 1 is 1.82 bits per heavy atom. The lowest BCUT2D eigenvalue weighted by Crippen LogP contribution is -1.80. The second-order valence-electron chi connectivity index (χ2n) is 2.06. The molecule has 1 rings (SSSR count). The van der Waals surface area contributed by atoms with E-state index in [1.165, 1.54) is 11.8 Å². The Bertz CT molecular complexity index is 234. The average Bonchev–Trinajstić information content (AvgIpc) is 2.37. The number of rotatable bonds is 4. The van der Waals surface area contributed by atoms with Crippen molar-refractivity contribution in [2.75, 3.05) is 5.75 Å². The predicted octanol–water partition coefficient (Wildman–Crippen LogP) is 1.66. The molecule has 1 aromatic heterocycles. The zero-order chi connectivity index (χ0) is 8.10. The third-order valence-electron chi connectivity index (χ3n) is 1.06. The number of nitrogens with zero attached hydrogens (tertiary/aromatic N) is 1. The Hall–Kier alpha value is -0.770. The predicted molar refractivity (Wildman–Crippen MR) is 42.6 cm³/mol. The van der Waals surface area contributed by atoms with E-state index in [0.29, 0.717) is 11.6 Å². The van der Waals surface area contributed by atoms with Gasteiger partial charge in [-0.15, -0.1) is 0 Å². The maximum atomic E-state index is 9.94. The Morgan fingerprint density at radius 3 is 3.18 bits per heavy atom. The first-order valence-electron chi connectivity index (χ1n) is 3.31. The summed E-state index contributed by atoms with van der Waals surface area (Å²) in [5.74, 6) is 0.740. The summed E-state index contributed by atoms with van der Waals surface area (Å²) in [5.41, 5.74) is 0.874. The van der Waals surface area contributed by atoms with Crippen LogP contribution in [0.5, 0.6) is 0 Å². The van der Waals surface area contributed by atoms with E-state index < -0.39 is 0 Å². The van der Waals surface area contributed by atoms with Gasteiger partial charge in [-0.3, -0.25) is 0 Å². The first kappa shape index (κ1) is 8.33. The lowest BCUT2D eigenvalue weighted by molar-refractivity contribution is -0.107. The van der Waals surface area contributed by atoms with E-state index >= 15 is 0 Å². The van der Waals surface area contributed by atoms with E-state index in [9.17, 15) is 4.79 Å². The highest BCUT2D eigenvalue weighted by molar-refractivity contribution is 7.99. The molecule has 0 amide bonds. The van der Waals surface area contributed by atoms with Crippen LogP contribution in [-0.2, 0) is 4.79 Å². The van der Waals surface area contributed by atoms with Crippen molar-refractivity contribution in [2.24, 2.45) is 0 Å². The van der Waals surface area contributed by atoms with E-state index in [1.807, 2.05) is 6.92 Å². The van der Waals surface area contributed by atoms with Crippen molar-refractivity contribution in [1.82, 2.24) is 4.98 Å². The fourth-order valence-electron chi connectivity index (χ4n) is 0.593. The summed E-state index contributed by atoms with van der Waals surface area (Å²) in [6.07, 6.45) is 3.04. The van der Waals surface area contributed by atoms with Gasteiger partial charge in [0.2, 0.25) is 0 Å². The number of aldehydes is 1. The number of carbonyl (C=O) groups excluding carboxylic acids is 1. The maximum absolute atomic E-state index is 9.94. The molecule has 0 unspecified atom stereocenters. The van der Waals surface area contributed by atoms with E-state index in [-0.39, 0.29) is 0 Å². The maximum Gasteiger partial charge on any atom is 0.255 e. The Morgan fingerprint density at radius 2 is 2.64 bits per heavy atom. The second-order valence-corrected chi connectivity index (χ2v) is 3.10. The molecule has 0 aliphatic carbocycles. The van der Waals surface area contributed by atoms with Crippen molar-refractivity contribution in [3.8, 4) is 0 Å². The highest BCUT2D eigenvalue weighted by Gasteiger charge is 1.99. The largest absolute Gasteiger partial charge is 0.440 e. The Labute approximate surface area is 69.2 Å². The summed E-state index contributed by atoms with van der Waals surface area (Å²) in [5, 5.41) is 0.643. The number of oxazole rings is 1. The topological polar surface area (TPSA) is 43.1 Å². The number of aromatic nitrogens is 1. The summed E-state index contributed by atoms with van der Waals surface area (Å²) in [6.45, 7) is 1.87. The van der Waals surface area contributed by atoms with Crippen molar-refractivity contribution in [3.05, 3.63) is 12.0 Å². The molecule has 0 saturated carbocycles. The van der Waals surface area contributed by atoms with Crippen LogP contribution in [0.3, 0.4) is 0 Å². The molecular weight excluding hydrogens is 162 g/mol. The fourth-order valence-corrected chi connectivity index (χ4v) is 1.31. The van der Waals surface area contributed by atoms with Gasteiger partial charge in [-0.25, -0.2) is 4.98 Å². The van der Waals surface area contributed by atoms with Crippen molar-refractivity contribution in [2.45, 2.75) is 18.6 Å². The van der Waals surface area contributed by atoms with E-state index in [0.717, 1.165) is 17.7 Å². The van der Waals surface area contributed by atoms with E-state index in [4.69, 9.17) is 4.42 Å². The molecule has 1 heterocycles. The third-order valence-corrected chi connectivity index (χ3v) is 1.93. The fraction of sp³-hybridized carbons (Fsp3) is 0.429. The summed E-state index contributed by atoms with van der Waals surface area (Å²) >= 11 is 1.46. The van der Waals surface area contributed by atoms with E-state index in [1.54, 1.807) is 6.26 Å². The van der Waals surface area contributed by atoms with Gasteiger partial charge in [0.1, 0.15) is 12.5 Å². The van der Waals surface area contributed by atoms with Gasteiger partial charge < -0.3 is 9.21 Å². The summed E-state index contributed by atoms with van der Waals surface area (Å²) < 4.78 is 5.05. The molecule has 0 fully saturated rings. The summed E-state index contributed by atoms with van der Waals surface area (Å²) in [6, 6.07) is 0. The van der Waals surface area contributed by atoms with Gasteiger partial charge in [-0.1, -0.05) is 11.8 Å². The number of hydrogen-bond acceptors (Lipinski definition) is 4. The van der Waals surface area contributed by atoms with Gasteiger partial charge in [0.15, 0.2) is 0 Å². The lowest BCUT2D eigenvalue weighted by atomic mass is 10.6. The van der Waals surface area contributed by atoms with Gasteiger partial charge in [0, 0.05) is 12.2 Å². The molecular formula is C7H9NO2S. The van der Waals surface area contributed by atoms with Crippen LogP contribution < -0.4 is 0 Å². The quantitative estimate of drug-likeness (QED) is 0.392. The van der Waals surface area contributed by atoms with Crippen LogP contribution in [0.2, 0.25) is 0 Å². The first-order chi connectivity index (χ1) is 5.33. The molecule has 0 aliphatic rings. The molecule has 0 spiro atoms. The molecule has 0 aliphatic heterocycles. The van der Waals surface area contributed by atoms with Crippen molar-refractivity contribution >= 4 is 18.0 Å². The van der Waals surface area contributed by atoms with Gasteiger partial charge in [0.25, 0.3) is 5.22 Å². The third kappa shape index (κ3) is 2.76. The molecule has 0 aromatic carbocycles. The Kier molecular flexibility index (Phi) is 3.16. The molecule has 11 heavy (non-hydrogen) atoms. The first-order valence-corrected chi connectivity index (χ1v) is 4.30. The molecule has 4 heteroatoms. The van der Waals surface area contributed by atoms with Crippen LogP contribution in [0.25, 0.3) is 0 Å². The SMILES string of the molecule is Cc1coc(SCCC=O)n1. The van der Waals surface area contributed by atoms with Crippen molar-refractivity contribution in [1.29, 1.82) is 0 Å².